The lowest BCUT2D eigenvalue weighted by Gasteiger charge is -2.07. The molecular formula is C15H12BrCl2NOS. The van der Waals surface area contributed by atoms with Crippen molar-refractivity contribution in [2.75, 3.05) is 11.1 Å². The maximum Gasteiger partial charge on any atom is 0.225 e. The van der Waals surface area contributed by atoms with E-state index < -0.39 is 0 Å². The monoisotopic (exact) mass is 403 g/mol. The van der Waals surface area contributed by atoms with Crippen molar-refractivity contribution >= 4 is 62.5 Å². The summed E-state index contributed by atoms with van der Waals surface area (Å²) in [6, 6.07) is 12.9. The second kappa shape index (κ2) is 8.08. The first-order valence-corrected chi connectivity index (χ1v) is 8.71. The lowest BCUT2D eigenvalue weighted by Crippen LogP contribution is -2.12. The topological polar surface area (TPSA) is 29.1 Å². The van der Waals surface area contributed by atoms with Crippen LogP contribution in [0.15, 0.2) is 51.8 Å². The fourth-order valence-electron chi connectivity index (χ4n) is 1.60. The van der Waals surface area contributed by atoms with E-state index in [1.165, 1.54) is 0 Å². The van der Waals surface area contributed by atoms with Crippen LogP contribution in [0.1, 0.15) is 6.42 Å². The van der Waals surface area contributed by atoms with Gasteiger partial charge in [0, 0.05) is 26.6 Å². The average molecular weight is 405 g/mol. The van der Waals surface area contributed by atoms with Gasteiger partial charge >= 0.3 is 0 Å². The predicted molar refractivity (Wildman–Crippen MR) is 94.6 cm³/mol. The van der Waals surface area contributed by atoms with Gasteiger partial charge in [-0.05, 0) is 42.5 Å². The zero-order valence-corrected chi connectivity index (χ0v) is 14.8. The van der Waals surface area contributed by atoms with Gasteiger partial charge in [-0.2, -0.15) is 0 Å². The van der Waals surface area contributed by atoms with Crippen LogP contribution in [0, 0.1) is 0 Å². The van der Waals surface area contributed by atoms with Crippen molar-refractivity contribution in [1.29, 1.82) is 0 Å². The highest BCUT2D eigenvalue weighted by atomic mass is 79.9. The van der Waals surface area contributed by atoms with Crippen LogP contribution < -0.4 is 5.32 Å². The van der Waals surface area contributed by atoms with Crippen molar-refractivity contribution in [3.63, 3.8) is 0 Å². The smallest absolute Gasteiger partial charge is 0.225 e. The molecule has 110 valence electrons. The molecule has 21 heavy (non-hydrogen) atoms. The molecule has 0 spiro atoms. The Morgan fingerprint density at radius 3 is 2.52 bits per heavy atom. The molecule has 2 aromatic carbocycles. The zero-order valence-electron chi connectivity index (χ0n) is 10.9. The molecule has 0 aromatic heterocycles. The molecule has 0 heterocycles. The van der Waals surface area contributed by atoms with E-state index in [9.17, 15) is 4.79 Å². The number of anilines is 1. The first-order chi connectivity index (χ1) is 10.0. The number of hydrogen-bond donors (Lipinski definition) is 1. The number of carbonyl (C=O) groups is 1. The second-order valence-corrected chi connectivity index (χ2v) is 7.15. The van der Waals surface area contributed by atoms with E-state index in [2.05, 4.69) is 21.2 Å². The molecule has 1 N–H and O–H groups in total. The van der Waals surface area contributed by atoms with E-state index >= 15 is 0 Å². The van der Waals surface area contributed by atoms with E-state index in [0.717, 1.165) is 9.37 Å². The predicted octanol–water partition coefficient (Wildman–Crippen LogP) is 5.88. The van der Waals surface area contributed by atoms with Gasteiger partial charge in [-0.3, -0.25) is 4.79 Å². The Hall–Kier alpha value is -0.680. The molecule has 0 aliphatic rings. The average Bonchev–Trinajstić information content (AvgIpc) is 2.44. The molecule has 6 heteroatoms. The third-order valence-corrected chi connectivity index (χ3v) is 4.69. The maximum absolute atomic E-state index is 11.9. The van der Waals surface area contributed by atoms with Gasteiger partial charge < -0.3 is 5.32 Å². The van der Waals surface area contributed by atoms with E-state index in [0.29, 0.717) is 27.9 Å². The van der Waals surface area contributed by atoms with Crippen LogP contribution in [0.25, 0.3) is 0 Å². The Labute approximate surface area is 146 Å². The summed E-state index contributed by atoms with van der Waals surface area (Å²) < 4.78 is 0.879. The van der Waals surface area contributed by atoms with E-state index in [1.807, 2.05) is 30.3 Å². The number of halogens is 3. The van der Waals surface area contributed by atoms with Crippen LogP contribution in [0.2, 0.25) is 10.0 Å². The minimum absolute atomic E-state index is 0.0549. The number of carbonyl (C=O) groups excluding carboxylic acids is 1. The van der Waals surface area contributed by atoms with Crippen molar-refractivity contribution in [3.8, 4) is 0 Å². The Kier molecular flexibility index (Phi) is 6.42. The van der Waals surface area contributed by atoms with Gasteiger partial charge in [-0.1, -0.05) is 39.1 Å². The second-order valence-electron chi connectivity index (χ2n) is 4.22. The number of nitrogens with one attached hydrogen (secondary N) is 1. The first-order valence-electron chi connectivity index (χ1n) is 6.18. The minimum atomic E-state index is -0.0549. The van der Waals surface area contributed by atoms with Gasteiger partial charge in [0.25, 0.3) is 0 Å². The van der Waals surface area contributed by atoms with E-state index in [1.54, 1.807) is 23.9 Å². The van der Waals surface area contributed by atoms with Crippen molar-refractivity contribution in [3.05, 3.63) is 57.0 Å². The fraction of sp³-hybridized carbons (Fsp3) is 0.133. The highest BCUT2D eigenvalue weighted by Gasteiger charge is 2.06. The normalized spacial score (nSPS) is 10.4. The van der Waals surface area contributed by atoms with Crippen molar-refractivity contribution in [2.45, 2.75) is 11.3 Å². The minimum Gasteiger partial charge on any atom is -0.325 e. The standard InChI is InChI=1S/C15H12BrCl2NOS/c16-10-1-6-14(13(18)9-10)19-15(20)7-8-21-12-4-2-11(17)3-5-12/h1-6,9H,7-8H2,(H,19,20). The van der Waals surface area contributed by atoms with Gasteiger partial charge in [-0.15, -0.1) is 11.8 Å². The summed E-state index contributed by atoms with van der Waals surface area (Å²) in [5.41, 5.74) is 0.626. The van der Waals surface area contributed by atoms with Crippen LogP contribution in [0.5, 0.6) is 0 Å². The fourth-order valence-corrected chi connectivity index (χ4v) is 3.29. The molecule has 0 saturated carbocycles. The van der Waals surface area contributed by atoms with Crippen molar-refractivity contribution in [1.82, 2.24) is 0 Å². The Bertz CT molecular complexity index is 634. The Morgan fingerprint density at radius 2 is 1.86 bits per heavy atom. The van der Waals surface area contributed by atoms with Crippen LogP contribution in [-0.4, -0.2) is 11.7 Å². The van der Waals surface area contributed by atoms with Crippen LogP contribution in [-0.2, 0) is 4.79 Å². The lowest BCUT2D eigenvalue weighted by molar-refractivity contribution is -0.115. The molecule has 0 atom stereocenters. The number of benzene rings is 2. The number of amides is 1. The van der Waals surface area contributed by atoms with Gasteiger partial charge in [-0.25, -0.2) is 0 Å². The summed E-state index contributed by atoms with van der Waals surface area (Å²) in [5.74, 6) is 0.641. The summed E-state index contributed by atoms with van der Waals surface area (Å²) >= 11 is 16.8. The van der Waals surface area contributed by atoms with Gasteiger partial charge in [0.2, 0.25) is 5.91 Å². The van der Waals surface area contributed by atoms with Crippen molar-refractivity contribution in [2.24, 2.45) is 0 Å². The van der Waals surface area contributed by atoms with Crippen molar-refractivity contribution < 1.29 is 4.79 Å². The van der Waals surface area contributed by atoms with E-state index in [-0.39, 0.29) is 5.91 Å². The quantitative estimate of drug-likeness (QED) is 0.630. The highest BCUT2D eigenvalue weighted by Crippen LogP contribution is 2.26. The SMILES string of the molecule is O=C(CCSc1ccc(Cl)cc1)Nc1ccc(Br)cc1Cl. The summed E-state index contributed by atoms with van der Waals surface area (Å²) in [7, 11) is 0. The van der Waals surface area contributed by atoms with E-state index in [4.69, 9.17) is 23.2 Å². The molecule has 2 aromatic rings. The largest absolute Gasteiger partial charge is 0.325 e. The zero-order chi connectivity index (χ0) is 15.2. The van der Waals surface area contributed by atoms with Crippen LogP contribution in [0.4, 0.5) is 5.69 Å². The Balaban J connectivity index is 1.81. The number of rotatable bonds is 5. The molecule has 0 fully saturated rings. The molecule has 0 unspecified atom stereocenters. The maximum atomic E-state index is 11.9. The van der Waals surface area contributed by atoms with Crippen LogP contribution >= 0.6 is 50.9 Å². The first kappa shape index (κ1) is 16.7. The van der Waals surface area contributed by atoms with Gasteiger partial charge in [0.15, 0.2) is 0 Å². The number of hydrogen-bond acceptors (Lipinski definition) is 2. The molecule has 0 radical (unpaired) electrons. The van der Waals surface area contributed by atoms with Gasteiger partial charge in [0.05, 0.1) is 10.7 Å². The molecule has 0 bridgehead atoms. The summed E-state index contributed by atoms with van der Waals surface area (Å²) in [5, 5.41) is 4.03. The molecule has 0 aliphatic carbocycles. The summed E-state index contributed by atoms with van der Waals surface area (Å²) in [6.07, 6.45) is 0.416. The van der Waals surface area contributed by atoms with Gasteiger partial charge in [0.1, 0.15) is 0 Å². The summed E-state index contributed by atoms with van der Waals surface area (Å²) in [4.78, 5) is 13.0. The molecule has 2 rings (SSSR count). The number of thioether (sulfide) groups is 1. The molecular weight excluding hydrogens is 393 g/mol. The highest BCUT2D eigenvalue weighted by molar-refractivity contribution is 9.10. The molecule has 2 nitrogen and oxygen atoms in total. The third-order valence-electron chi connectivity index (χ3n) is 2.62. The summed E-state index contributed by atoms with van der Waals surface area (Å²) in [6.45, 7) is 0. The molecule has 0 saturated heterocycles. The molecule has 1 amide bonds. The third kappa shape index (κ3) is 5.55. The van der Waals surface area contributed by atoms with Crippen LogP contribution in [0.3, 0.4) is 0 Å². The Morgan fingerprint density at radius 1 is 1.14 bits per heavy atom. The lowest BCUT2D eigenvalue weighted by atomic mass is 10.3. The molecule has 0 aliphatic heterocycles.